The molecule has 1 fully saturated rings. The Morgan fingerprint density at radius 1 is 1.62 bits per heavy atom. The number of nitrogens with zero attached hydrogens (tertiary/aromatic N) is 1. The lowest BCUT2D eigenvalue weighted by molar-refractivity contribution is 0.0772. The molecule has 0 spiro atoms. The number of aliphatic hydroxyl groups is 1. The first-order valence-electron chi connectivity index (χ1n) is 4.04. The molecule has 1 aliphatic heterocycles. The van der Waals surface area contributed by atoms with Crippen molar-refractivity contribution in [2.24, 2.45) is 5.92 Å². The van der Waals surface area contributed by atoms with Crippen LogP contribution in [0, 0.1) is 18.3 Å². The smallest absolute Gasteiger partial charge is 0.211 e. The van der Waals surface area contributed by atoms with E-state index in [1.807, 2.05) is 0 Å². The average molecular weight is 203 g/mol. The fourth-order valence-electron chi connectivity index (χ4n) is 1.40. The number of terminal acetylenes is 1. The molecule has 74 valence electrons. The zero-order valence-corrected chi connectivity index (χ0v) is 8.29. The van der Waals surface area contributed by atoms with E-state index in [2.05, 4.69) is 5.92 Å². The van der Waals surface area contributed by atoms with Crippen molar-refractivity contribution in [1.29, 1.82) is 0 Å². The molecule has 0 aromatic heterocycles. The highest BCUT2D eigenvalue weighted by Crippen LogP contribution is 2.18. The van der Waals surface area contributed by atoms with Crippen LogP contribution in [0.15, 0.2) is 0 Å². The Kier molecular flexibility index (Phi) is 2.96. The van der Waals surface area contributed by atoms with Gasteiger partial charge in [-0.25, -0.2) is 8.42 Å². The molecule has 4 nitrogen and oxygen atoms in total. The van der Waals surface area contributed by atoms with E-state index in [4.69, 9.17) is 6.42 Å². The number of piperidine rings is 1. The highest BCUT2D eigenvalue weighted by Gasteiger charge is 2.30. The topological polar surface area (TPSA) is 57.6 Å². The summed E-state index contributed by atoms with van der Waals surface area (Å²) in [7, 11) is -3.19. The fraction of sp³-hybridized carbons (Fsp3) is 0.750. The summed E-state index contributed by atoms with van der Waals surface area (Å²) in [5.74, 6) is 2.24. The third-order valence-electron chi connectivity index (χ3n) is 2.23. The maximum absolute atomic E-state index is 11.1. The monoisotopic (exact) mass is 203 g/mol. The molecule has 0 aliphatic carbocycles. The van der Waals surface area contributed by atoms with E-state index < -0.39 is 16.1 Å². The second kappa shape index (κ2) is 3.66. The molecule has 5 heteroatoms. The van der Waals surface area contributed by atoms with E-state index in [-0.39, 0.29) is 12.5 Å². The van der Waals surface area contributed by atoms with E-state index in [1.54, 1.807) is 0 Å². The number of hydrogen-bond donors (Lipinski definition) is 1. The van der Waals surface area contributed by atoms with Crippen LogP contribution >= 0.6 is 0 Å². The van der Waals surface area contributed by atoms with E-state index in [1.165, 1.54) is 4.31 Å². The second-order valence-corrected chi connectivity index (χ2v) is 5.23. The highest BCUT2D eigenvalue weighted by molar-refractivity contribution is 7.88. The van der Waals surface area contributed by atoms with Gasteiger partial charge in [0.05, 0.1) is 12.4 Å². The third kappa shape index (κ3) is 2.44. The number of aliphatic hydroxyl groups excluding tert-OH is 1. The minimum absolute atomic E-state index is 0.119. The average Bonchev–Trinajstić information content (AvgIpc) is 2.02. The molecule has 0 radical (unpaired) electrons. The third-order valence-corrected chi connectivity index (χ3v) is 3.50. The van der Waals surface area contributed by atoms with Crippen molar-refractivity contribution >= 4 is 10.0 Å². The van der Waals surface area contributed by atoms with Crippen molar-refractivity contribution in [1.82, 2.24) is 4.31 Å². The van der Waals surface area contributed by atoms with E-state index >= 15 is 0 Å². The molecule has 1 N–H and O–H groups in total. The first-order valence-corrected chi connectivity index (χ1v) is 5.89. The van der Waals surface area contributed by atoms with Gasteiger partial charge in [0.15, 0.2) is 0 Å². The van der Waals surface area contributed by atoms with Crippen LogP contribution in [0.3, 0.4) is 0 Å². The van der Waals surface area contributed by atoms with Crippen LogP contribution in [0.1, 0.15) is 6.42 Å². The molecular formula is C8H13NO3S. The highest BCUT2D eigenvalue weighted by atomic mass is 32.2. The van der Waals surface area contributed by atoms with Crippen LogP contribution in [-0.2, 0) is 10.0 Å². The molecule has 0 bridgehead atoms. The summed E-state index contributed by atoms with van der Waals surface area (Å²) in [4.78, 5) is 0. The van der Waals surface area contributed by atoms with Gasteiger partial charge in [-0.3, -0.25) is 0 Å². The summed E-state index contributed by atoms with van der Waals surface area (Å²) < 4.78 is 23.4. The first-order chi connectivity index (χ1) is 5.95. The van der Waals surface area contributed by atoms with Crippen LogP contribution in [0.5, 0.6) is 0 Å². The molecule has 2 atom stereocenters. The largest absolute Gasteiger partial charge is 0.390 e. The Morgan fingerprint density at radius 2 is 2.23 bits per heavy atom. The Labute approximate surface area is 78.6 Å². The Hall–Kier alpha value is -0.570. The Morgan fingerprint density at radius 3 is 2.62 bits per heavy atom. The van der Waals surface area contributed by atoms with Gasteiger partial charge in [0, 0.05) is 19.0 Å². The molecule has 1 rings (SSSR count). The minimum Gasteiger partial charge on any atom is -0.390 e. The molecule has 0 unspecified atom stereocenters. The van der Waals surface area contributed by atoms with Gasteiger partial charge in [-0.15, -0.1) is 12.3 Å². The normalized spacial score (nSPS) is 31.2. The molecule has 1 aliphatic rings. The zero-order valence-electron chi connectivity index (χ0n) is 7.47. The Balaban J connectivity index is 2.68. The summed E-state index contributed by atoms with van der Waals surface area (Å²) in [6.45, 7) is 0.526. The van der Waals surface area contributed by atoms with Crippen LogP contribution < -0.4 is 0 Å². The van der Waals surface area contributed by atoms with Crippen molar-refractivity contribution in [3.8, 4) is 12.3 Å². The van der Waals surface area contributed by atoms with E-state index in [9.17, 15) is 13.5 Å². The molecular weight excluding hydrogens is 190 g/mol. The molecule has 0 amide bonds. The zero-order chi connectivity index (χ0) is 10.1. The predicted octanol–water partition coefficient (Wildman–Crippen LogP) is -0.738. The van der Waals surface area contributed by atoms with Gasteiger partial charge in [-0.1, -0.05) is 0 Å². The summed E-state index contributed by atoms with van der Waals surface area (Å²) in [6.07, 6.45) is 6.11. The van der Waals surface area contributed by atoms with Crippen LogP contribution in [-0.4, -0.2) is 43.3 Å². The number of rotatable bonds is 1. The number of sulfonamides is 1. The van der Waals surface area contributed by atoms with Gasteiger partial charge in [-0.2, -0.15) is 4.31 Å². The van der Waals surface area contributed by atoms with Crippen molar-refractivity contribution in [3.63, 3.8) is 0 Å². The van der Waals surface area contributed by atoms with Gasteiger partial charge >= 0.3 is 0 Å². The van der Waals surface area contributed by atoms with Crippen LogP contribution in [0.4, 0.5) is 0 Å². The lowest BCUT2D eigenvalue weighted by Gasteiger charge is -2.31. The maximum Gasteiger partial charge on any atom is 0.211 e. The molecule has 13 heavy (non-hydrogen) atoms. The molecule has 0 saturated carbocycles. The van der Waals surface area contributed by atoms with Crippen molar-refractivity contribution < 1.29 is 13.5 Å². The lowest BCUT2D eigenvalue weighted by Crippen LogP contribution is -2.45. The van der Waals surface area contributed by atoms with Crippen molar-refractivity contribution in [3.05, 3.63) is 0 Å². The maximum atomic E-state index is 11.1. The first kappa shape index (κ1) is 10.5. The summed E-state index contributed by atoms with van der Waals surface area (Å²) in [6, 6.07) is 0. The Bertz CT molecular complexity index is 317. The van der Waals surface area contributed by atoms with Crippen LogP contribution in [0.2, 0.25) is 0 Å². The van der Waals surface area contributed by atoms with Gasteiger partial charge in [0.1, 0.15) is 0 Å². The second-order valence-electron chi connectivity index (χ2n) is 3.25. The van der Waals surface area contributed by atoms with E-state index in [0.29, 0.717) is 13.0 Å². The SMILES string of the molecule is C#C[C@@H]1CCN(S(C)(=O)=O)C[C@H]1O. The minimum atomic E-state index is -3.19. The molecule has 1 heterocycles. The molecule has 0 aromatic rings. The van der Waals surface area contributed by atoms with Crippen LogP contribution in [0.25, 0.3) is 0 Å². The quantitative estimate of drug-likeness (QED) is 0.571. The summed E-state index contributed by atoms with van der Waals surface area (Å²) in [5, 5.41) is 9.45. The number of hydrogen-bond acceptors (Lipinski definition) is 3. The lowest BCUT2D eigenvalue weighted by atomic mass is 9.96. The molecule has 0 aromatic carbocycles. The predicted molar refractivity (Wildman–Crippen MR) is 49.4 cm³/mol. The van der Waals surface area contributed by atoms with Gasteiger partial charge in [-0.05, 0) is 6.42 Å². The van der Waals surface area contributed by atoms with Gasteiger partial charge < -0.3 is 5.11 Å². The van der Waals surface area contributed by atoms with Crippen molar-refractivity contribution in [2.75, 3.05) is 19.3 Å². The molecule has 1 saturated heterocycles. The summed E-state index contributed by atoms with van der Waals surface area (Å²) in [5.41, 5.74) is 0. The van der Waals surface area contributed by atoms with E-state index in [0.717, 1.165) is 6.26 Å². The standard InChI is InChI=1S/C8H13NO3S/c1-3-7-4-5-9(6-8(7)10)13(2,11)12/h1,7-8,10H,4-6H2,2H3/t7-,8-/m1/s1. The number of β-amino-alcohol motifs (C(OH)–C–C–N with tert-alkyl or cyclic N) is 1. The summed E-state index contributed by atoms with van der Waals surface area (Å²) >= 11 is 0. The van der Waals surface area contributed by atoms with Gasteiger partial charge in [0.25, 0.3) is 0 Å². The fourth-order valence-corrected chi connectivity index (χ4v) is 2.26. The van der Waals surface area contributed by atoms with Gasteiger partial charge in [0.2, 0.25) is 10.0 Å². The van der Waals surface area contributed by atoms with Crippen molar-refractivity contribution in [2.45, 2.75) is 12.5 Å².